The van der Waals surface area contributed by atoms with Gasteiger partial charge >= 0.3 is 0 Å². The molecule has 166 valence electrons. The second-order valence-corrected chi connectivity index (χ2v) is 9.01. The molecule has 1 N–H and O–H groups in total. The van der Waals surface area contributed by atoms with Gasteiger partial charge in [-0.15, -0.1) is 0 Å². The second kappa shape index (κ2) is 8.49. The quantitative estimate of drug-likeness (QED) is 0.794. The summed E-state index contributed by atoms with van der Waals surface area (Å²) in [5.41, 5.74) is 2.43. The van der Waals surface area contributed by atoms with E-state index in [1.165, 1.54) is 6.07 Å². The average molecular weight is 430 g/mol. The van der Waals surface area contributed by atoms with Crippen LogP contribution >= 0.6 is 0 Å². The number of rotatable bonds is 5. The molecule has 2 aliphatic heterocycles. The number of likely N-dealkylation sites (tertiary alicyclic amines) is 1. The maximum atomic E-state index is 14.9. The lowest BCUT2D eigenvalue weighted by Crippen LogP contribution is -2.54. The predicted molar refractivity (Wildman–Crippen MR) is 116 cm³/mol. The van der Waals surface area contributed by atoms with E-state index in [1.54, 1.807) is 37.1 Å². The molecule has 1 fully saturated rings. The van der Waals surface area contributed by atoms with Gasteiger partial charge in [0, 0.05) is 49.6 Å². The van der Waals surface area contributed by atoms with Crippen LogP contribution in [-0.2, 0) is 11.8 Å². The lowest BCUT2D eigenvalue weighted by Gasteiger charge is -2.35. The summed E-state index contributed by atoms with van der Waals surface area (Å²) in [6.07, 6.45) is 2.83. The summed E-state index contributed by atoms with van der Waals surface area (Å²) in [5, 5.41) is 6.95. The van der Waals surface area contributed by atoms with Crippen LogP contribution in [0, 0.1) is 11.7 Å². The lowest BCUT2D eigenvalue weighted by atomic mass is 9.95. The number of hydrogen-bond donors (Lipinski definition) is 1. The Morgan fingerprint density at radius 2 is 2.10 bits per heavy atom. The number of amides is 1. The number of aryl methyl sites for hydroxylation is 1. The summed E-state index contributed by atoms with van der Waals surface area (Å²) >= 11 is 0. The molecule has 4 rings (SSSR count). The van der Waals surface area contributed by atoms with E-state index in [0.29, 0.717) is 35.6 Å². The minimum atomic E-state index is -1.14. The maximum Gasteiger partial charge on any atom is 0.270 e. The van der Waals surface area contributed by atoms with Crippen molar-refractivity contribution in [3.63, 3.8) is 0 Å². The number of fused-ring (bicyclic) bond motifs is 1. The number of halogens is 2. The largest absolute Gasteiger partial charge is 0.345 e. The molecule has 1 aromatic carbocycles. The zero-order chi connectivity index (χ0) is 22.3. The highest BCUT2D eigenvalue weighted by atomic mass is 19.1. The fraction of sp³-hybridized carbons (Fsp3) is 0.522. The van der Waals surface area contributed by atoms with E-state index in [9.17, 15) is 13.6 Å². The van der Waals surface area contributed by atoms with Crippen LogP contribution in [0.5, 0.6) is 0 Å². The summed E-state index contributed by atoms with van der Waals surface area (Å²) < 4.78 is 31.3. The van der Waals surface area contributed by atoms with Gasteiger partial charge in [0.05, 0.1) is 18.3 Å². The second-order valence-electron chi connectivity index (χ2n) is 9.01. The standard InChI is InChI=1S/C23H29F2N5O/c1-13(2)10-30-6-5-20(19(25)12-30)28-23(31)22-17-7-15(16-9-26-29(4)11-16)8-18(24)21(17)14(3)27-22/h7-9,11,13-14,19-20H,5-6,10,12H2,1-4H3,(H,28,31)/t14-,19-,20-/m0/s1. The zero-order valence-electron chi connectivity index (χ0n) is 18.4. The van der Waals surface area contributed by atoms with Gasteiger partial charge in [0.1, 0.15) is 17.7 Å². The van der Waals surface area contributed by atoms with Crippen molar-refractivity contribution in [1.29, 1.82) is 0 Å². The van der Waals surface area contributed by atoms with Crippen LogP contribution in [-0.4, -0.2) is 58.1 Å². The molecule has 1 amide bonds. The molecule has 8 heteroatoms. The molecular weight excluding hydrogens is 400 g/mol. The van der Waals surface area contributed by atoms with Crippen molar-refractivity contribution >= 4 is 11.6 Å². The first-order chi connectivity index (χ1) is 14.7. The molecular formula is C23H29F2N5O. The van der Waals surface area contributed by atoms with Crippen LogP contribution in [0.2, 0.25) is 0 Å². The Morgan fingerprint density at radius 1 is 1.32 bits per heavy atom. The molecule has 0 spiro atoms. The minimum Gasteiger partial charge on any atom is -0.345 e. The fourth-order valence-electron chi connectivity index (χ4n) is 4.53. The van der Waals surface area contributed by atoms with Crippen LogP contribution in [0.3, 0.4) is 0 Å². The van der Waals surface area contributed by atoms with Crippen molar-refractivity contribution in [3.05, 3.63) is 41.5 Å². The van der Waals surface area contributed by atoms with Gasteiger partial charge in [-0.1, -0.05) is 13.8 Å². The van der Waals surface area contributed by atoms with Crippen LogP contribution in [0.15, 0.2) is 29.5 Å². The minimum absolute atomic E-state index is 0.170. The molecule has 1 saturated heterocycles. The van der Waals surface area contributed by atoms with Crippen molar-refractivity contribution in [2.24, 2.45) is 18.0 Å². The Kier molecular flexibility index (Phi) is 5.92. The van der Waals surface area contributed by atoms with Gasteiger partial charge in [-0.2, -0.15) is 5.10 Å². The zero-order valence-corrected chi connectivity index (χ0v) is 18.4. The van der Waals surface area contributed by atoms with Gasteiger partial charge in [-0.05, 0) is 37.0 Å². The third kappa shape index (κ3) is 4.39. The maximum absolute atomic E-state index is 14.9. The van der Waals surface area contributed by atoms with Gasteiger partial charge in [0.25, 0.3) is 5.91 Å². The number of alkyl halides is 1. The highest BCUT2D eigenvalue weighted by Gasteiger charge is 2.35. The summed E-state index contributed by atoms with van der Waals surface area (Å²) in [6, 6.07) is 2.19. The summed E-state index contributed by atoms with van der Waals surface area (Å²) in [6.45, 7) is 7.86. The van der Waals surface area contributed by atoms with E-state index in [1.807, 2.05) is 0 Å². The smallest absolute Gasteiger partial charge is 0.270 e. The summed E-state index contributed by atoms with van der Waals surface area (Å²) in [4.78, 5) is 19.5. The molecule has 0 unspecified atom stereocenters. The van der Waals surface area contributed by atoms with Gasteiger partial charge in [-0.3, -0.25) is 14.5 Å². The Hall–Kier alpha value is -2.61. The molecule has 2 aliphatic rings. The molecule has 0 aliphatic carbocycles. The first-order valence-corrected chi connectivity index (χ1v) is 10.8. The number of aromatic nitrogens is 2. The number of carbonyl (C=O) groups is 1. The van der Waals surface area contributed by atoms with Gasteiger partial charge < -0.3 is 10.2 Å². The Bertz CT molecular complexity index is 1020. The average Bonchev–Trinajstić information content (AvgIpc) is 3.27. The van der Waals surface area contributed by atoms with E-state index < -0.39 is 30.0 Å². The molecule has 0 bridgehead atoms. The molecule has 2 aromatic rings. The van der Waals surface area contributed by atoms with Crippen molar-refractivity contribution < 1.29 is 13.6 Å². The van der Waals surface area contributed by atoms with Gasteiger partial charge in [0.15, 0.2) is 0 Å². The van der Waals surface area contributed by atoms with Crippen molar-refractivity contribution in [2.45, 2.75) is 45.4 Å². The number of piperidine rings is 1. The van der Waals surface area contributed by atoms with Crippen molar-refractivity contribution in [1.82, 2.24) is 20.0 Å². The fourth-order valence-corrected chi connectivity index (χ4v) is 4.53. The molecule has 0 radical (unpaired) electrons. The lowest BCUT2D eigenvalue weighted by molar-refractivity contribution is -0.116. The third-order valence-corrected chi connectivity index (χ3v) is 5.94. The predicted octanol–water partition coefficient (Wildman–Crippen LogP) is 3.27. The molecule has 3 heterocycles. The topological polar surface area (TPSA) is 62.5 Å². The highest BCUT2D eigenvalue weighted by Crippen LogP contribution is 2.35. The van der Waals surface area contributed by atoms with Crippen molar-refractivity contribution in [2.75, 3.05) is 19.6 Å². The van der Waals surface area contributed by atoms with Crippen LogP contribution in [0.1, 0.15) is 44.4 Å². The number of aliphatic imine (C=N–C) groups is 1. The molecule has 31 heavy (non-hydrogen) atoms. The van der Waals surface area contributed by atoms with Gasteiger partial charge in [-0.25, -0.2) is 8.78 Å². The van der Waals surface area contributed by atoms with Crippen LogP contribution in [0.25, 0.3) is 11.1 Å². The number of nitrogens with one attached hydrogen (secondary N) is 1. The number of nitrogens with zero attached hydrogens (tertiary/aromatic N) is 4. The number of carbonyl (C=O) groups excluding carboxylic acids is 1. The van der Waals surface area contributed by atoms with Crippen LogP contribution in [0.4, 0.5) is 8.78 Å². The van der Waals surface area contributed by atoms with E-state index in [0.717, 1.165) is 18.7 Å². The number of hydrogen-bond acceptors (Lipinski definition) is 4. The first kappa shape index (κ1) is 21.6. The Labute approximate surface area is 181 Å². The number of benzene rings is 1. The van der Waals surface area contributed by atoms with Crippen molar-refractivity contribution in [3.8, 4) is 11.1 Å². The molecule has 0 saturated carbocycles. The summed E-state index contributed by atoms with van der Waals surface area (Å²) in [5.74, 6) is -0.382. The van der Waals surface area contributed by atoms with E-state index >= 15 is 0 Å². The summed E-state index contributed by atoms with van der Waals surface area (Å²) in [7, 11) is 1.79. The Balaban J connectivity index is 1.53. The van der Waals surface area contributed by atoms with E-state index in [-0.39, 0.29) is 5.71 Å². The molecule has 6 nitrogen and oxygen atoms in total. The van der Waals surface area contributed by atoms with E-state index in [2.05, 4.69) is 34.2 Å². The highest BCUT2D eigenvalue weighted by molar-refractivity contribution is 6.46. The Morgan fingerprint density at radius 3 is 2.74 bits per heavy atom. The van der Waals surface area contributed by atoms with Crippen LogP contribution < -0.4 is 5.32 Å². The monoisotopic (exact) mass is 429 g/mol. The molecule has 3 atom stereocenters. The normalized spacial score (nSPS) is 23.7. The van der Waals surface area contributed by atoms with Gasteiger partial charge in [0.2, 0.25) is 0 Å². The SMILES string of the molecule is CC(C)CN1CC[C@H](NC(=O)C2=N[C@@H](C)c3c(F)cc(-c4cnn(C)c4)cc32)[C@@H](F)C1. The third-order valence-electron chi connectivity index (χ3n) is 5.94. The molecule has 1 aromatic heterocycles. The van der Waals surface area contributed by atoms with E-state index in [4.69, 9.17) is 0 Å². The first-order valence-electron chi connectivity index (χ1n) is 10.8.